The summed E-state index contributed by atoms with van der Waals surface area (Å²) in [6.07, 6.45) is 1.38. The van der Waals surface area contributed by atoms with Gasteiger partial charge in [-0.15, -0.1) is 11.3 Å². The van der Waals surface area contributed by atoms with Gasteiger partial charge in [0.25, 0.3) is 5.56 Å². The Labute approximate surface area is 137 Å². The summed E-state index contributed by atoms with van der Waals surface area (Å²) >= 11 is 1.10. The number of thiazole rings is 1. The third-order valence-corrected chi connectivity index (χ3v) is 4.28. The van der Waals surface area contributed by atoms with Gasteiger partial charge in [-0.1, -0.05) is 30.3 Å². The van der Waals surface area contributed by atoms with Crippen LogP contribution >= 0.6 is 11.3 Å². The van der Waals surface area contributed by atoms with Gasteiger partial charge in [0, 0.05) is 12.1 Å². The van der Waals surface area contributed by atoms with Gasteiger partial charge in [0.1, 0.15) is 27.1 Å². The van der Waals surface area contributed by atoms with Crippen LogP contribution in [0.5, 0.6) is 0 Å². The van der Waals surface area contributed by atoms with Crippen LogP contribution in [-0.4, -0.2) is 17.0 Å². The van der Waals surface area contributed by atoms with Gasteiger partial charge in [0.2, 0.25) is 5.78 Å². The number of benzene rings is 1. The number of hydrogen-bond donors (Lipinski definition) is 0. The average Bonchev–Trinajstić information content (AvgIpc) is 2.90. The summed E-state index contributed by atoms with van der Waals surface area (Å²) in [6, 6.07) is 10.5. The Morgan fingerprint density at radius 3 is 2.61 bits per heavy atom. The van der Waals surface area contributed by atoms with Crippen molar-refractivity contribution in [2.75, 3.05) is 6.61 Å². The highest BCUT2D eigenvalue weighted by atomic mass is 32.1. The smallest absolute Gasteiger partial charge is 0.272 e. The molecule has 6 heteroatoms. The van der Waals surface area contributed by atoms with E-state index in [2.05, 4.69) is 0 Å². The lowest BCUT2D eigenvalue weighted by Gasteiger charge is -2.00. The van der Waals surface area contributed by atoms with E-state index >= 15 is 0 Å². The second-order valence-corrected chi connectivity index (χ2v) is 5.61. The van der Waals surface area contributed by atoms with Crippen LogP contribution in [-0.2, 0) is 11.3 Å². The summed E-state index contributed by atoms with van der Waals surface area (Å²) < 4.78 is 7.33. The first-order valence-electron chi connectivity index (χ1n) is 7.19. The molecule has 0 spiro atoms. The minimum atomic E-state index is -0.389. The fourth-order valence-corrected chi connectivity index (χ4v) is 3.15. The van der Waals surface area contributed by atoms with Crippen LogP contribution in [0.25, 0.3) is 11.8 Å². The van der Waals surface area contributed by atoms with E-state index in [9.17, 15) is 14.9 Å². The first-order valence-corrected chi connectivity index (χ1v) is 8.01. The molecule has 0 atom stereocenters. The molecule has 0 saturated carbocycles. The summed E-state index contributed by atoms with van der Waals surface area (Å²) in [5, 5.41) is 9.45. The Bertz CT molecular complexity index is 917. The van der Waals surface area contributed by atoms with Crippen molar-refractivity contribution >= 4 is 29.0 Å². The highest BCUT2D eigenvalue weighted by Gasteiger charge is 2.16. The molecule has 0 unspecified atom stereocenters. The summed E-state index contributed by atoms with van der Waals surface area (Å²) in [6.45, 7) is 4.42. The number of aromatic nitrogens is 1. The van der Waals surface area contributed by atoms with Crippen molar-refractivity contribution in [2.24, 2.45) is 0 Å². The van der Waals surface area contributed by atoms with Gasteiger partial charge >= 0.3 is 0 Å². The lowest BCUT2D eigenvalue weighted by atomic mass is 10.1. The number of carbonyl (C=O) groups is 1. The van der Waals surface area contributed by atoms with Gasteiger partial charge in [0.05, 0.1) is 6.61 Å². The van der Waals surface area contributed by atoms with Crippen molar-refractivity contribution in [2.45, 2.75) is 20.4 Å². The van der Waals surface area contributed by atoms with E-state index in [0.717, 1.165) is 11.3 Å². The van der Waals surface area contributed by atoms with Crippen LogP contribution in [0.4, 0.5) is 0 Å². The lowest BCUT2D eigenvalue weighted by molar-refractivity contribution is 0.105. The quantitative estimate of drug-likeness (QED) is 0.775. The molecule has 0 fully saturated rings. The molecule has 2 rings (SSSR count). The molecule has 0 bridgehead atoms. The van der Waals surface area contributed by atoms with Crippen molar-refractivity contribution in [1.29, 1.82) is 5.26 Å². The zero-order valence-electron chi connectivity index (χ0n) is 12.9. The number of ketones is 1. The molecule has 0 amide bonds. The number of carbonyl (C=O) groups excluding carboxylic acids is 1. The Morgan fingerprint density at radius 1 is 1.35 bits per heavy atom. The second kappa shape index (κ2) is 7.56. The van der Waals surface area contributed by atoms with Crippen molar-refractivity contribution in [3.05, 3.63) is 55.4 Å². The highest BCUT2D eigenvalue weighted by Crippen LogP contribution is 2.07. The van der Waals surface area contributed by atoms with Crippen molar-refractivity contribution < 1.29 is 9.53 Å². The highest BCUT2D eigenvalue weighted by molar-refractivity contribution is 7.07. The second-order valence-electron chi connectivity index (χ2n) is 4.58. The normalized spacial score (nSPS) is 12.7. The largest absolute Gasteiger partial charge is 0.500 e. The van der Waals surface area contributed by atoms with Gasteiger partial charge in [-0.2, -0.15) is 5.26 Å². The lowest BCUT2D eigenvalue weighted by Crippen LogP contribution is -2.32. The number of hydrogen-bond acceptors (Lipinski definition) is 5. The first-order chi connectivity index (χ1) is 11.1. The molecule has 5 nitrogen and oxygen atoms in total. The number of nitrogens with zero attached hydrogens (tertiary/aromatic N) is 2. The Balaban J connectivity index is 2.74. The minimum Gasteiger partial charge on any atom is -0.500 e. The van der Waals surface area contributed by atoms with Crippen molar-refractivity contribution in [3.63, 3.8) is 0 Å². The Kier molecular flexibility index (Phi) is 5.50. The number of nitriles is 1. The minimum absolute atomic E-state index is 0.0312. The molecule has 0 aliphatic carbocycles. The number of Topliss-reactive ketones (excluding diaryl/α,β-unsaturated/α-hetero) is 1. The fraction of sp³-hybridized carbons (Fsp3) is 0.235. The van der Waals surface area contributed by atoms with Gasteiger partial charge in [0.15, 0.2) is 0 Å². The van der Waals surface area contributed by atoms with Gasteiger partial charge < -0.3 is 4.74 Å². The van der Waals surface area contributed by atoms with Crippen LogP contribution in [0.3, 0.4) is 0 Å². The fourth-order valence-electron chi connectivity index (χ4n) is 2.06. The maximum atomic E-state index is 12.6. The van der Waals surface area contributed by atoms with Gasteiger partial charge in [-0.05, 0) is 13.8 Å². The molecule has 118 valence electrons. The van der Waals surface area contributed by atoms with Gasteiger partial charge in [-0.25, -0.2) is 0 Å². The molecule has 1 heterocycles. The Morgan fingerprint density at radius 2 is 2.04 bits per heavy atom. The topological polar surface area (TPSA) is 72.1 Å². The SMILES string of the molecule is CCO/C=c1\s/c(=C(/C#N)C(=O)c2ccccc2)n(CC)c1=O. The van der Waals surface area contributed by atoms with E-state index in [4.69, 9.17) is 4.74 Å². The van der Waals surface area contributed by atoms with Crippen molar-refractivity contribution in [1.82, 2.24) is 4.57 Å². The van der Waals surface area contributed by atoms with E-state index in [-0.39, 0.29) is 16.9 Å². The summed E-state index contributed by atoms with van der Waals surface area (Å²) in [7, 11) is 0. The molecule has 0 aliphatic rings. The zero-order valence-corrected chi connectivity index (χ0v) is 13.7. The molecule has 1 aromatic heterocycles. The summed E-state index contributed by atoms with van der Waals surface area (Å²) in [5.41, 5.74) is 0.133. The molecule has 2 aromatic rings. The molecule has 0 N–H and O–H groups in total. The zero-order chi connectivity index (χ0) is 16.8. The Hall–Kier alpha value is -2.65. The molecule has 0 aliphatic heterocycles. The number of rotatable bonds is 5. The molecule has 1 aromatic carbocycles. The average molecular weight is 328 g/mol. The van der Waals surface area contributed by atoms with Crippen LogP contribution in [0, 0.1) is 11.3 Å². The van der Waals surface area contributed by atoms with E-state index in [0.29, 0.717) is 27.9 Å². The summed E-state index contributed by atoms with van der Waals surface area (Å²) in [4.78, 5) is 24.9. The van der Waals surface area contributed by atoms with Crippen LogP contribution in [0.2, 0.25) is 0 Å². The third kappa shape index (κ3) is 3.41. The van der Waals surface area contributed by atoms with E-state index < -0.39 is 0 Å². The third-order valence-electron chi connectivity index (χ3n) is 3.17. The summed E-state index contributed by atoms with van der Waals surface area (Å²) in [5.74, 6) is -0.389. The van der Waals surface area contributed by atoms with E-state index in [1.807, 2.05) is 13.0 Å². The molecule has 23 heavy (non-hydrogen) atoms. The van der Waals surface area contributed by atoms with E-state index in [1.54, 1.807) is 37.3 Å². The molecular formula is C17H16N2O3S. The predicted molar refractivity (Wildman–Crippen MR) is 89.4 cm³/mol. The predicted octanol–water partition coefficient (Wildman–Crippen LogP) is 1.26. The monoisotopic (exact) mass is 328 g/mol. The standard InChI is InChI=1S/C17H16N2O3S/c1-3-19-16(21)14(11-22-4-2)23-17(19)13(10-18)15(20)12-8-6-5-7-9-12/h5-9,11H,3-4H2,1-2H3/b14-11-,17-13-. The van der Waals surface area contributed by atoms with Crippen LogP contribution in [0.1, 0.15) is 24.2 Å². The van der Waals surface area contributed by atoms with Crippen LogP contribution < -0.4 is 14.8 Å². The molecule has 0 saturated heterocycles. The van der Waals surface area contributed by atoms with Crippen LogP contribution in [0.15, 0.2) is 35.1 Å². The van der Waals surface area contributed by atoms with Gasteiger partial charge in [-0.3, -0.25) is 14.2 Å². The molecule has 0 radical (unpaired) electrons. The maximum absolute atomic E-state index is 12.6. The number of ether oxygens (including phenoxy) is 1. The maximum Gasteiger partial charge on any atom is 0.272 e. The van der Waals surface area contributed by atoms with Crippen molar-refractivity contribution in [3.8, 4) is 6.07 Å². The van der Waals surface area contributed by atoms with E-state index in [1.165, 1.54) is 10.8 Å². The first kappa shape index (κ1) is 16.7. The molecular weight excluding hydrogens is 312 g/mol.